The zero-order chi connectivity index (χ0) is 15.9. The van der Waals surface area contributed by atoms with Crippen molar-refractivity contribution >= 4 is 11.6 Å². The molecule has 22 heavy (non-hydrogen) atoms. The average Bonchev–Trinajstić information content (AvgIpc) is 3.02. The van der Waals surface area contributed by atoms with Gasteiger partial charge in [-0.1, -0.05) is 0 Å². The van der Waals surface area contributed by atoms with Gasteiger partial charge in [0.25, 0.3) is 0 Å². The van der Waals surface area contributed by atoms with Gasteiger partial charge in [-0.15, -0.1) is 0 Å². The van der Waals surface area contributed by atoms with E-state index < -0.39 is 0 Å². The SMILES string of the molecule is Cc1nn(C)c(C)c1NC(=O)[C@@H](C)N1CC(n2cccn2)C1. The molecule has 1 atom stereocenters. The number of anilines is 1. The zero-order valence-electron chi connectivity index (χ0n) is 13.4. The molecule has 1 aliphatic heterocycles. The number of aromatic nitrogens is 4. The van der Waals surface area contributed by atoms with E-state index in [-0.39, 0.29) is 11.9 Å². The fraction of sp³-hybridized carbons (Fsp3) is 0.533. The molecular weight excluding hydrogens is 280 g/mol. The van der Waals surface area contributed by atoms with Gasteiger partial charge in [0.05, 0.1) is 29.2 Å². The monoisotopic (exact) mass is 302 g/mol. The summed E-state index contributed by atoms with van der Waals surface area (Å²) < 4.78 is 3.74. The van der Waals surface area contributed by atoms with E-state index in [1.165, 1.54) is 0 Å². The van der Waals surface area contributed by atoms with E-state index in [1.807, 2.05) is 44.8 Å². The first-order valence-corrected chi connectivity index (χ1v) is 7.51. The maximum absolute atomic E-state index is 12.4. The fourth-order valence-electron chi connectivity index (χ4n) is 2.82. The maximum Gasteiger partial charge on any atom is 0.241 e. The summed E-state index contributed by atoms with van der Waals surface area (Å²) in [4.78, 5) is 14.6. The minimum Gasteiger partial charge on any atom is -0.322 e. The fourth-order valence-corrected chi connectivity index (χ4v) is 2.82. The third-order valence-corrected chi connectivity index (χ3v) is 4.47. The van der Waals surface area contributed by atoms with E-state index >= 15 is 0 Å². The summed E-state index contributed by atoms with van der Waals surface area (Å²) in [5.74, 6) is 0.0121. The topological polar surface area (TPSA) is 68.0 Å². The number of nitrogens with zero attached hydrogens (tertiary/aromatic N) is 5. The van der Waals surface area contributed by atoms with Gasteiger partial charge < -0.3 is 5.32 Å². The number of aryl methyl sites for hydroxylation is 2. The molecular formula is C15H22N6O. The van der Waals surface area contributed by atoms with E-state index in [1.54, 1.807) is 10.9 Å². The van der Waals surface area contributed by atoms with Gasteiger partial charge in [0.15, 0.2) is 0 Å². The summed E-state index contributed by atoms with van der Waals surface area (Å²) in [6.45, 7) is 7.50. The molecule has 3 rings (SSSR count). The molecule has 7 heteroatoms. The molecule has 0 radical (unpaired) electrons. The maximum atomic E-state index is 12.4. The van der Waals surface area contributed by atoms with Crippen molar-refractivity contribution < 1.29 is 4.79 Å². The van der Waals surface area contributed by atoms with E-state index in [0.717, 1.165) is 30.2 Å². The van der Waals surface area contributed by atoms with Crippen LogP contribution in [0.1, 0.15) is 24.4 Å². The van der Waals surface area contributed by atoms with Crippen molar-refractivity contribution in [1.29, 1.82) is 0 Å². The molecule has 0 aliphatic carbocycles. The van der Waals surface area contributed by atoms with Gasteiger partial charge in [0.2, 0.25) is 5.91 Å². The normalized spacial score (nSPS) is 17.3. The second-order valence-electron chi connectivity index (χ2n) is 5.93. The highest BCUT2D eigenvalue weighted by Crippen LogP contribution is 2.24. The Bertz CT molecular complexity index is 669. The van der Waals surface area contributed by atoms with Crippen LogP contribution < -0.4 is 5.32 Å². The smallest absolute Gasteiger partial charge is 0.241 e. The van der Waals surface area contributed by atoms with Crippen molar-refractivity contribution in [2.75, 3.05) is 18.4 Å². The Morgan fingerprint density at radius 2 is 2.14 bits per heavy atom. The Morgan fingerprint density at radius 1 is 1.41 bits per heavy atom. The summed E-state index contributed by atoms with van der Waals surface area (Å²) >= 11 is 0. The summed E-state index contributed by atoms with van der Waals surface area (Å²) in [6.07, 6.45) is 3.75. The van der Waals surface area contributed by atoms with Crippen LogP contribution in [0.25, 0.3) is 0 Å². The largest absolute Gasteiger partial charge is 0.322 e. The van der Waals surface area contributed by atoms with E-state index in [0.29, 0.717) is 6.04 Å². The number of rotatable bonds is 4. The number of amides is 1. The molecule has 0 unspecified atom stereocenters. The average molecular weight is 302 g/mol. The lowest BCUT2D eigenvalue weighted by Gasteiger charge is -2.42. The van der Waals surface area contributed by atoms with Gasteiger partial charge in [-0.05, 0) is 26.8 Å². The van der Waals surface area contributed by atoms with E-state index in [2.05, 4.69) is 20.4 Å². The molecule has 1 fully saturated rings. The first kappa shape index (κ1) is 14.8. The molecule has 1 amide bonds. The lowest BCUT2D eigenvalue weighted by atomic mass is 10.1. The van der Waals surface area contributed by atoms with Crippen molar-refractivity contribution in [3.05, 3.63) is 29.8 Å². The van der Waals surface area contributed by atoms with Crippen LogP contribution in [-0.4, -0.2) is 49.5 Å². The number of carbonyl (C=O) groups is 1. The minimum atomic E-state index is -0.161. The summed E-state index contributed by atoms with van der Waals surface area (Å²) in [5.41, 5.74) is 2.64. The van der Waals surface area contributed by atoms with Crippen LogP contribution in [0.4, 0.5) is 5.69 Å². The van der Waals surface area contributed by atoms with E-state index in [9.17, 15) is 4.79 Å². The van der Waals surface area contributed by atoms with Crippen molar-refractivity contribution in [1.82, 2.24) is 24.5 Å². The molecule has 2 aromatic rings. The lowest BCUT2D eigenvalue weighted by molar-refractivity contribution is -0.123. The number of hydrogen-bond donors (Lipinski definition) is 1. The van der Waals surface area contributed by atoms with Crippen LogP contribution in [0.2, 0.25) is 0 Å². The van der Waals surface area contributed by atoms with Crippen molar-refractivity contribution in [2.24, 2.45) is 7.05 Å². The molecule has 0 spiro atoms. The first-order chi connectivity index (χ1) is 10.5. The van der Waals surface area contributed by atoms with Crippen molar-refractivity contribution in [3.63, 3.8) is 0 Å². The van der Waals surface area contributed by atoms with Gasteiger partial charge in [0, 0.05) is 32.5 Å². The van der Waals surface area contributed by atoms with Crippen LogP contribution in [0.3, 0.4) is 0 Å². The molecule has 1 N–H and O–H groups in total. The highest BCUT2D eigenvalue weighted by atomic mass is 16.2. The standard InChI is InChI=1S/C15H22N6O/c1-10-14(11(2)19(4)18-10)17-15(22)12(3)20-8-13(9-20)21-7-5-6-16-21/h5-7,12-13H,8-9H2,1-4H3,(H,17,22)/t12-/m1/s1. The quantitative estimate of drug-likeness (QED) is 0.919. The van der Waals surface area contributed by atoms with Crippen LogP contribution in [0.5, 0.6) is 0 Å². The highest BCUT2D eigenvalue weighted by Gasteiger charge is 2.35. The molecule has 7 nitrogen and oxygen atoms in total. The molecule has 0 saturated carbocycles. The third-order valence-electron chi connectivity index (χ3n) is 4.47. The Balaban J connectivity index is 1.59. The van der Waals surface area contributed by atoms with Crippen molar-refractivity contribution in [3.8, 4) is 0 Å². The first-order valence-electron chi connectivity index (χ1n) is 7.51. The lowest BCUT2D eigenvalue weighted by Crippen LogP contribution is -2.55. The number of hydrogen-bond acceptors (Lipinski definition) is 4. The zero-order valence-corrected chi connectivity index (χ0v) is 13.4. The van der Waals surface area contributed by atoms with Gasteiger partial charge in [-0.25, -0.2) is 0 Å². The van der Waals surface area contributed by atoms with Crippen LogP contribution in [-0.2, 0) is 11.8 Å². The van der Waals surface area contributed by atoms with Gasteiger partial charge in [-0.3, -0.25) is 19.1 Å². The van der Waals surface area contributed by atoms with Gasteiger partial charge in [-0.2, -0.15) is 10.2 Å². The molecule has 2 aromatic heterocycles. The second kappa shape index (κ2) is 5.57. The molecule has 1 aliphatic rings. The van der Waals surface area contributed by atoms with E-state index in [4.69, 9.17) is 0 Å². The number of carbonyl (C=O) groups excluding carboxylic acids is 1. The molecule has 0 aromatic carbocycles. The Kier molecular flexibility index (Phi) is 3.74. The van der Waals surface area contributed by atoms with Crippen LogP contribution in [0, 0.1) is 13.8 Å². The number of nitrogens with one attached hydrogen (secondary N) is 1. The molecule has 3 heterocycles. The van der Waals surface area contributed by atoms with Crippen molar-refractivity contribution in [2.45, 2.75) is 32.9 Å². The Labute approximate surface area is 129 Å². The van der Waals surface area contributed by atoms with Crippen LogP contribution in [0.15, 0.2) is 18.5 Å². The predicted octanol–water partition coefficient (Wildman–Crippen LogP) is 1.12. The molecule has 1 saturated heterocycles. The Hall–Kier alpha value is -2.15. The summed E-state index contributed by atoms with van der Waals surface area (Å²) in [6, 6.07) is 2.13. The Morgan fingerprint density at radius 3 is 2.68 bits per heavy atom. The van der Waals surface area contributed by atoms with Crippen LogP contribution >= 0.6 is 0 Å². The highest BCUT2D eigenvalue weighted by molar-refractivity contribution is 5.95. The molecule has 118 valence electrons. The predicted molar refractivity (Wildman–Crippen MR) is 83.6 cm³/mol. The third kappa shape index (κ3) is 2.52. The summed E-state index contributed by atoms with van der Waals surface area (Å²) in [5, 5.41) is 11.6. The van der Waals surface area contributed by atoms with Gasteiger partial charge >= 0.3 is 0 Å². The second-order valence-corrected chi connectivity index (χ2v) is 5.93. The number of likely N-dealkylation sites (tertiary alicyclic amines) is 1. The minimum absolute atomic E-state index is 0.0121. The molecule has 0 bridgehead atoms. The summed E-state index contributed by atoms with van der Waals surface area (Å²) in [7, 11) is 1.88. The van der Waals surface area contributed by atoms with Gasteiger partial charge in [0.1, 0.15) is 0 Å².